The van der Waals surface area contributed by atoms with E-state index in [0.717, 1.165) is 27.9 Å². The minimum Gasteiger partial charge on any atom is -0.458 e. The van der Waals surface area contributed by atoms with E-state index in [4.69, 9.17) is 20.8 Å². The van der Waals surface area contributed by atoms with Crippen molar-refractivity contribution in [2.75, 3.05) is 7.11 Å². The first-order valence-corrected chi connectivity index (χ1v) is 6.42. The van der Waals surface area contributed by atoms with Crippen LogP contribution in [0.3, 0.4) is 0 Å². The average Bonchev–Trinajstić information content (AvgIpc) is 2.77. The van der Waals surface area contributed by atoms with Crippen molar-refractivity contribution in [1.29, 1.82) is 0 Å². The van der Waals surface area contributed by atoms with Crippen LogP contribution < -0.4 is 0 Å². The van der Waals surface area contributed by atoms with E-state index in [1.165, 1.54) is 0 Å². The van der Waals surface area contributed by atoms with E-state index in [1.54, 1.807) is 7.11 Å². The molecule has 0 aliphatic heterocycles. The SMILES string of the molecule is COCc1oc2ccc(Cl)cc2c1-c1ccccc1. The van der Waals surface area contributed by atoms with Crippen molar-refractivity contribution in [3.05, 3.63) is 59.3 Å². The zero-order valence-electron chi connectivity index (χ0n) is 10.5. The van der Waals surface area contributed by atoms with Crippen LogP contribution in [0, 0.1) is 0 Å². The van der Waals surface area contributed by atoms with Gasteiger partial charge in [0.2, 0.25) is 0 Å². The minimum atomic E-state index is 0.441. The second-order valence-electron chi connectivity index (χ2n) is 4.34. The molecule has 0 spiro atoms. The lowest BCUT2D eigenvalue weighted by Gasteiger charge is -2.02. The molecule has 1 heterocycles. The molecule has 0 saturated carbocycles. The first-order chi connectivity index (χ1) is 9.29. The van der Waals surface area contributed by atoms with Crippen LogP contribution in [0.15, 0.2) is 52.9 Å². The zero-order chi connectivity index (χ0) is 13.2. The fourth-order valence-electron chi connectivity index (χ4n) is 2.27. The molecule has 2 nitrogen and oxygen atoms in total. The van der Waals surface area contributed by atoms with Gasteiger partial charge in [-0.15, -0.1) is 0 Å². The first-order valence-electron chi connectivity index (χ1n) is 6.05. The van der Waals surface area contributed by atoms with Crippen molar-refractivity contribution in [1.82, 2.24) is 0 Å². The van der Waals surface area contributed by atoms with E-state index in [-0.39, 0.29) is 0 Å². The highest BCUT2D eigenvalue weighted by Crippen LogP contribution is 2.36. The smallest absolute Gasteiger partial charge is 0.138 e. The maximum absolute atomic E-state index is 6.09. The lowest BCUT2D eigenvalue weighted by molar-refractivity contribution is 0.167. The van der Waals surface area contributed by atoms with Gasteiger partial charge in [0.15, 0.2) is 0 Å². The first kappa shape index (κ1) is 12.3. The monoisotopic (exact) mass is 272 g/mol. The summed E-state index contributed by atoms with van der Waals surface area (Å²) in [4.78, 5) is 0. The maximum atomic E-state index is 6.09. The van der Waals surface area contributed by atoms with Gasteiger partial charge in [0.1, 0.15) is 18.0 Å². The topological polar surface area (TPSA) is 22.4 Å². The maximum Gasteiger partial charge on any atom is 0.138 e. The van der Waals surface area contributed by atoms with Crippen LogP contribution in [0.4, 0.5) is 0 Å². The molecule has 0 saturated heterocycles. The molecule has 2 aromatic carbocycles. The predicted molar refractivity (Wildman–Crippen MR) is 77.4 cm³/mol. The van der Waals surface area contributed by atoms with Gasteiger partial charge in [-0.05, 0) is 23.8 Å². The number of hydrogen-bond acceptors (Lipinski definition) is 2. The Bertz CT molecular complexity index is 701. The highest BCUT2D eigenvalue weighted by Gasteiger charge is 2.15. The molecule has 96 valence electrons. The molecule has 0 aliphatic carbocycles. The quantitative estimate of drug-likeness (QED) is 0.677. The van der Waals surface area contributed by atoms with Crippen LogP contribution in [0.2, 0.25) is 5.02 Å². The van der Waals surface area contributed by atoms with Crippen molar-refractivity contribution in [3.63, 3.8) is 0 Å². The molecule has 3 heteroatoms. The van der Waals surface area contributed by atoms with Crippen molar-refractivity contribution in [3.8, 4) is 11.1 Å². The summed E-state index contributed by atoms with van der Waals surface area (Å²) in [5.74, 6) is 0.825. The second kappa shape index (κ2) is 5.08. The van der Waals surface area contributed by atoms with Gasteiger partial charge < -0.3 is 9.15 Å². The van der Waals surface area contributed by atoms with E-state index in [9.17, 15) is 0 Å². The highest BCUT2D eigenvalue weighted by molar-refractivity contribution is 6.31. The number of furan rings is 1. The Morgan fingerprint density at radius 3 is 2.63 bits per heavy atom. The van der Waals surface area contributed by atoms with E-state index >= 15 is 0 Å². The molecule has 0 aliphatic rings. The van der Waals surface area contributed by atoms with Crippen molar-refractivity contribution >= 4 is 22.6 Å². The molecule has 19 heavy (non-hydrogen) atoms. The molecule has 0 atom stereocenters. The molecule has 1 aromatic heterocycles. The van der Waals surface area contributed by atoms with Crippen LogP contribution in [0.5, 0.6) is 0 Å². The zero-order valence-corrected chi connectivity index (χ0v) is 11.3. The van der Waals surface area contributed by atoms with Crippen LogP contribution in [0.25, 0.3) is 22.1 Å². The van der Waals surface area contributed by atoms with Gasteiger partial charge in [-0.1, -0.05) is 41.9 Å². The van der Waals surface area contributed by atoms with Crippen molar-refractivity contribution in [2.24, 2.45) is 0 Å². The summed E-state index contributed by atoms with van der Waals surface area (Å²) < 4.78 is 11.1. The molecule has 0 bridgehead atoms. The van der Waals surface area contributed by atoms with Crippen LogP contribution in [-0.2, 0) is 11.3 Å². The van der Waals surface area contributed by atoms with Gasteiger partial charge in [-0.2, -0.15) is 0 Å². The third kappa shape index (κ3) is 2.25. The van der Waals surface area contributed by atoms with Gasteiger partial charge >= 0.3 is 0 Å². The number of methoxy groups -OCH3 is 1. The Hall–Kier alpha value is -1.77. The molecule has 3 aromatic rings. The van der Waals surface area contributed by atoms with E-state index in [1.807, 2.05) is 36.4 Å². The molecule has 0 amide bonds. The summed E-state index contributed by atoms with van der Waals surface area (Å²) in [5.41, 5.74) is 2.99. The molecule has 0 unspecified atom stereocenters. The number of hydrogen-bond donors (Lipinski definition) is 0. The Morgan fingerprint density at radius 2 is 1.89 bits per heavy atom. The molecule has 0 fully saturated rings. The summed E-state index contributed by atoms with van der Waals surface area (Å²) in [6.45, 7) is 0.441. The number of fused-ring (bicyclic) bond motifs is 1. The van der Waals surface area contributed by atoms with E-state index < -0.39 is 0 Å². The van der Waals surface area contributed by atoms with E-state index in [2.05, 4.69) is 12.1 Å². The molecular weight excluding hydrogens is 260 g/mol. The summed E-state index contributed by atoms with van der Waals surface area (Å²) in [5, 5.41) is 1.72. The fourth-order valence-corrected chi connectivity index (χ4v) is 2.45. The van der Waals surface area contributed by atoms with Crippen LogP contribution >= 0.6 is 11.6 Å². The lowest BCUT2D eigenvalue weighted by Crippen LogP contribution is -1.87. The van der Waals surface area contributed by atoms with Crippen molar-refractivity contribution < 1.29 is 9.15 Å². The third-order valence-electron chi connectivity index (χ3n) is 3.06. The Labute approximate surface area is 116 Å². The largest absolute Gasteiger partial charge is 0.458 e. The fraction of sp³-hybridized carbons (Fsp3) is 0.125. The Morgan fingerprint density at radius 1 is 1.11 bits per heavy atom. The molecular formula is C16H13ClO2. The standard InChI is InChI=1S/C16H13ClO2/c1-18-10-15-16(11-5-3-2-4-6-11)13-9-12(17)7-8-14(13)19-15/h2-9H,10H2,1H3. The van der Waals surface area contributed by atoms with Gasteiger partial charge in [-0.3, -0.25) is 0 Å². The average molecular weight is 273 g/mol. The number of halogens is 1. The normalized spacial score (nSPS) is 11.1. The Balaban J connectivity index is 2.30. The Kier molecular flexibility index (Phi) is 3.28. The van der Waals surface area contributed by atoms with Gasteiger partial charge in [-0.25, -0.2) is 0 Å². The summed E-state index contributed by atoms with van der Waals surface area (Å²) in [6.07, 6.45) is 0. The highest BCUT2D eigenvalue weighted by atomic mass is 35.5. The molecule has 0 radical (unpaired) electrons. The third-order valence-corrected chi connectivity index (χ3v) is 3.30. The van der Waals surface area contributed by atoms with Crippen molar-refractivity contribution in [2.45, 2.75) is 6.61 Å². The van der Waals surface area contributed by atoms with E-state index in [0.29, 0.717) is 11.6 Å². The summed E-state index contributed by atoms with van der Waals surface area (Å²) >= 11 is 6.09. The van der Waals surface area contributed by atoms with Gasteiger partial charge in [0, 0.05) is 23.1 Å². The predicted octanol–water partition coefficient (Wildman–Crippen LogP) is 4.90. The summed E-state index contributed by atoms with van der Waals surface area (Å²) in [6, 6.07) is 15.8. The minimum absolute atomic E-state index is 0.441. The second-order valence-corrected chi connectivity index (χ2v) is 4.78. The number of ether oxygens (including phenoxy) is 1. The van der Waals surface area contributed by atoms with Crippen LogP contribution in [-0.4, -0.2) is 7.11 Å². The molecule has 0 N–H and O–H groups in total. The lowest BCUT2D eigenvalue weighted by atomic mass is 10.0. The number of benzene rings is 2. The summed E-state index contributed by atoms with van der Waals surface area (Å²) in [7, 11) is 1.66. The molecule has 3 rings (SSSR count). The van der Waals surface area contributed by atoms with Gasteiger partial charge in [0.25, 0.3) is 0 Å². The van der Waals surface area contributed by atoms with Gasteiger partial charge in [0.05, 0.1) is 0 Å². The van der Waals surface area contributed by atoms with Crippen LogP contribution in [0.1, 0.15) is 5.76 Å². The number of rotatable bonds is 3.